The second-order valence-corrected chi connectivity index (χ2v) is 14.7. The number of unbranched alkanes of at least 4 members (excludes halogenated alkanes) is 28. The molecule has 1 aliphatic heterocycles. The van der Waals surface area contributed by atoms with Crippen molar-refractivity contribution in [2.24, 2.45) is 5.92 Å². The van der Waals surface area contributed by atoms with Gasteiger partial charge in [-0.2, -0.15) is 0 Å². The highest BCUT2D eigenvalue weighted by atomic mass is 15.1. The predicted molar refractivity (Wildman–Crippen MR) is 197 cm³/mol. The Balaban J connectivity index is 1.74. The summed E-state index contributed by atoms with van der Waals surface area (Å²) in [5.74, 6) is 1.03. The molecule has 0 amide bonds. The zero-order chi connectivity index (χ0) is 30.7. The van der Waals surface area contributed by atoms with Crippen molar-refractivity contribution in [3.8, 4) is 0 Å². The first-order chi connectivity index (χ1) is 21.4. The average Bonchev–Trinajstić information content (AvgIpc) is 3.03. The van der Waals surface area contributed by atoms with E-state index in [0.717, 1.165) is 5.92 Å². The van der Waals surface area contributed by atoms with Crippen molar-refractivity contribution in [2.75, 3.05) is 19.6 Å². The van der Waals surface area contributed by atoms with Crippen molar-refractivity contribution >= 4 is 0 Å². The molecule has 0 aromatic carbocycles. The summed E-state index contributed by atoms with van der Waals surface area (Å²) in [6.07, 6.45) is 54.3. The molecule has 1 saturated heterocycles. The highest BCUT2D eigenvalue weighted by Crippen LogP contribution is 2.24. The zero-order valence-electron chi connectivity index (χ0n) is 30.3. The molecule has 1 heteroatoms. The number of rotatable bonds is 34. The van der Waals surface area contributed by atoms with Crippen LogP contribution < -0.4 is 0 Å². The van der Waals surface area contributed by atoms with Crippen molar-refractivity contribution < 1.29 is 0 Å². The largest absolute Gasteiger partial charge is 0.303 e. The van der Waals surface area contributed by atoms with Crippen LogP contribution in [0.25, 0.3) is 0 Å². The molecule has 0 spiro atoms. The van der Waals surface area contributed by atoms with Crippen LogP contribution in [0.2, 0.25) is 0 Å². The van der Waals surface area contributed by atoms with Gasteiger partial charge in [0.2, 0.25) is 0 Å². The molecule has 1 aliphatic rings. The topological polar surface area (TPSA) is 3.24 Å². The van der Waals surface area contributed by atoms with Gasteiger partial charge in [-0.05, 0) is 70.5 Å². The summed E-state index contributed by atoms with van der Waals surface area (Å²) in [7, 11) is 0. The lowest BCUT2D eigenvalue weighted by molar-refractivity contribution is 0.174. The van der Waals surface area contributed by atoms with Crippen LogP contribution in [0.15, 0.2) is 12.2 Å². The number of hydrogen-bond acceptors (Lipinski definition) is 1. The lowest BCUT2D eigenvalue weighted by atomic mass is 9.91. The highest BCUT2D eigenvalue weighted by Gasteiger charge is 2.18. The van der Waals surface area contributed by atoms with Crippen molar-refractivity contribution in [3.63, 3.8) is 0 Å². The van der Waals surface area contributed by atoms with E-state index >= 15 is 0 Å². The summed E-state index contributed by atoms with van der Waals surface area (Å²) < 4.78 is 0. The molecule has 0 aromatic heterocycles. The maximum absolute atomic E-state index is 2.78. The van der Waals surface area contributed by atoms with Gasteiger partial charge < -0.3 is 4.90 Å². The van der Waals surface area contributed by atoms with Gasteiger partial charge >= 0.3 is 0 Å². The Bertz CT molecular complexity index is 531. The Hall–Kier alpha value is -0.300. The van der Waals surface area contributed by atoms with Crippen molar-refractivity contribution in [3.05, 3.63) is 12.2 Å². The summed E-state index contributed by atoms with van der Waals surface area (Å²) >= 11 is 0. The van der Waals surface area contributed by atoms with Crippen LogP contribution in [-0.2, 0) is 0 Å². The van der Waals surface area contributed by atoms with E-state index in [1.54, 1.807) is 0 Å². The molecule has 0 aliphatic carbocycles. The molecule has 0 radical (unpaired) electrons. The minimum Gasteiger partial charge on any atom is -0.303 e. The number of likely N-dealkylation sites (tertiary alicyclic amines) is 1. The first kappa shape index (κ1) is 40.7. The molecule has 0 aromatic rings. The van der Waals surface area contributed by atoms with Gasteiger partial charge in [-0.1, -0.05) is 199 Å². The number of nitrogens with zero attached hydrogens (tertiary/aromatic N) is 1. The van der Waals surface area contributed by atoms with Gasteiger partial charge in [-0.15, -0.1) is 0 Å². The van der Waals surface area contributed by atoms with E-state index in [1.165, 1.54) is 238 Å². The Morgan fingerprint density at radius 3 is 1.12 bits per heavy atom. The third-order valence-electron chi connectivity index (χ3n) is 10.4. The van der Waals surface area contributed by atoms with E-state index in [1.807, 2.05) is 0 Å². The van der Waals surface area contributed by atoms with Crippen LogP contribution in [0.1, 0.15) is 232 Å². The van der Waals surface area contributed by atoms with Gasteiger partial charge in [0, 0.05) is 0 Å². The van der Waals surface area contributed by atoms with Crippen LogP contribution in [0.4, 0.5) is 0 Å². The number of hydrogen-bond donors (Lipinski definition) is 0. The third kappa shape index (κ3) is 30.1. The fourth-order valence-corrected chi connectivity index (χ4v) is 7.24. The van der Waals surface area contributed by atoms with Crippen LogP contribution in [0, 0.1) is 5.92 Å². The molecule has 1 fully saturated rings. The van der Waals surface area contributed by atoms with Crippen molar-refractivity contribution in [1.29, 1.82) is 0 Å². The van der Waals surface area contributed by atoms with E-state index in [9.17, 15) is 0 Å². The van der Waals surface area contributed by atoms with Gasteiger partial charge in [-0.25, -0.2) is 0 Å². The summed E-state index contributed by atoms with van der Waals surface area (Å²) in [4.78, 5) is 2.78. The predicted octanol–water partition coefficient (Wildman–Crippen LogP) is 14.8. The van der Waals surface area contributed by atoms with Crippen molar-refractivity contribution in [2.45, 2.75) is 232 Å². The molecular formula is C42H83N. The van der Waals surface area contributed by atoms with Crippen LogP contribution >= 0.6 is 0 Å². The molecule has 0 atom stereocenters. The molecular weight excluding hydrogens is 518 g/mol. The van der Waals surface area contributed by atoms with E-state index in [-0.39, 0.29) is 0 Å². The van der Waals surface area contributed by atoms with E-state index in [4.69, 9.17) is 0 Å². The number of piperidine rings is 1. The highest BCUT2D eigenvalue weighted by molar-refractivity contribution is 4.81. The average molecular weight is 602 g/mol. The normalized spacial score (nSPS) is 14.8. The van der Waals surface area contributed by atoms with E-state index < -0.39 is 0 Å². The van der Waals surface area contributed by atoms with Crippen LogP contribution in [-0.4, -0.2) is 24.5 Å². The second kappa shape index (κ2) is 34.6. The summed E-state index contributed by atoms with van der Waals surface area (Å²) in [6, 6.07) is 0. The van der Waals surface area contributed by atoms with Gasteiger partial charge in [-0.3, -0.25) is 0 Å². The first-order valence-corrected chi connectivity index (χ1v) is 20.7. The number of allylic oxidation sites excluding steroid dienone is 2. The smallest absolute Gasteiger partial charge is 0.00161 e. The Kier molecular flexibility index (Phi) is 32.7. The van der Waals surface area contributed by atoms with Crippen LogP contribution in [0.5, 0.6) is 0 Å². The molecule has 1 nitrogen and oxygen atoms in total. The monoisotopic (exact) mass is 602 g/mol. The summed E-state index contributed by atoms with van der Waals surface area (Å²) in [5, 5.41) is 0. The molecule has 1 heterocycles. The second-order valence-electron chi connectivity index (χ2n) is 14.7. The molecule has 0 bridgehead atoms. The zero-order valence-corrected chi connectivity index (χ0v) is 30.3. The Labute approximate surface area is 274 Å². The quantitative estimate of drug-likeness (QED) is 0.0524. The lowest BCUT2D eigenvalue weighted by Crippen LogP contribution is -2.34. The molecule has 1 rings (SSSR count). The fraction of sp³-hybridized carbons (Fsp3) is 0.952. The van der Waals surface area contributed by atoms with Gasteiger partial charge in [0.15, 0.2) is 0 Å². The molecule has 0 N–H and O–H groups in total. The van der Waals surface area contributed by atoms with E-state index in [0.29, 0.717) is 0 Å². The first-order valence-electron chi connectivity index (χ1n) is 20.7. The molecule has 256 valence electrons. The van der Waals surface area contributed by atoms with Crippen molar-refractivity contribution in [1.82, 2.24) is 4.90 Å². The summed E-state index contributed by atoms with van der Waals surface area (Å²) in [6.45, 7) is 8.76. The standard InChI is InChI=1S/C42H83N/c1-3-5-7-9-11-13-15-17-19-21-22-24-26-28-30-32-34-36-42-37-40-43(41-38-42)39-35-33-31-29-27-25-23-20-18-16-14-12-10-8-6-4-2/h17,19,42H,3-16,18,20-41H2,1-2H3/b19-17-. The minimum atomic E-state index is 1.03. The van der Waals surface area contributed by atoms with Gasteiger partial charge in [0.1, 0.15) is 0 Å². The molecule has 0 unspecified atom stereocenters. The molecule has 0 saturated carbocycles. The lowest BCUT2D eigenvalue weighted by Gasteiger charge is -2.32. The molecule has 43 heavy (non-hydrogen) atoms. The van der Waals surface area contributed by atoms with Gasteiger partial charge in [0.25, 0.3) is 0 Å². The van der Waals surface area contributed by atoms with E-state index in [2.05, 4.69) is 30.9 Å². The Morgan fingerprint density at radius 2 is 0.721 bits per heavy atom. The minimum absolute atomic E-state index is 1.03. The maximum Gasteiger partial charge on any atom is -0.00161 e. The summed E-state index contributed by atoms with van der Waals surface area (Å²) in [5.41, 5.74) is 0. The maximum atomic E-state index is 2.78. The van der Waals surface area contributed by atoms with Gasteiger partial charge in [0.05, 0.1) is 0 Å². The third-order valence-corrected chi connectivity index (χ3v) is 10.4. The SMILES string of the molecule is CCCCCCCC/C=C\CCCCCCCCCC1CCN(CCCCCCCCCCCCCCCCCC)CC1. The van der Waals surface area contributed by atoms with Crippen LogP contribution in [0.3, 0.4) is 0 Å². The fourth-order valence-electron chi connectivity index (χ4n) is 7.24. The Morgan fingerprint density at radius 1 is 0.395 bits per heavy atom.